The molecule has 0 fully saturated rings. The van der Waals surface area contributed by atoms with E-state index in [2.05, 4.69) is 5.32 Å². The maximum absolute atomic E-state index is 12.3. The van der Waals surface area contributed by atoms with Crippen molar-refractivity contribution in [2.75, 3.05) is 11.9 Å². The van der Waals surface area contributed by atoms with Crippen molar-refractivity contribution >= 4 is 34.9 Å². The van der Waals surface area contributed by atoms with Crippen LogP contribution >= 0.6 is 11.6 Å². The second-order valence-corrected chi connectivity index (χ2v) is 5.50. The lowest BCUT2D eigenvalue weighted by molar-refractivity contribution is -0.384. The van der Waals surface area contributed by atoms with Crippen LogP contribution in [0.15, 0.2) is 42.5 Å². The van der Waals surface area contributed by atoms with E-state index in [4.69, 9.17) is 16.3 Å². The molecule has 2 rings (SSSR count). The normalized spacial score (nSPS) is 10.2. The van der Waals surface area contributed by atoms with E-state index >= 15 is 0 Å². The predicted molar refractivity (Wildman–Crippen MR) is 93.1 cm³/mol. The molecule has 2 aromatic carbocycles. The molecule has 0 bridgehead atoms. The fourth-order valence-corrected chi connectivity index (χ4v) is 2.20. The molecule has 0 aromatic heterocycles. The number of hydrogen-bond acceptors (Lipinski definition) is 5. The Bertz CT molecular complexity index is 822. The third kappa shape index (κ3) is 4.77. The number of nitro benzene ring substituents is 1. The number of nitro groups is 1. The highest BCUT2D eigenvalue weighted by molar-refractivity contribution is 6.34. The first-order valence-corrected chi connectivity index (χ1v) is 7.82. The lowest BCUT2D eigenvalue weighted by Crippen LogP contribution is -2.13. The summed E-state index contributed by atoms with van der Waals surface area (Å²) in [5, 5.41) is 13.5. The predicted octanol–water partition coefficient (Wildman–Crippen LogP) is 4.07. The van der Waals surface area contributed by atoms with Gasteiger partial charge in [-0.2, -0.15) is 0 Å². The summed E-state index contributed by atoms with van der Waals surface area (Å²) in [5.74, 6) is -1.11. The van der Waals surface area contributed by atoms with Crippen LogP contribution in [-0.2, 0) is 4.74 Å². The highest BCUT2D eigenvalue weighted by Crippen LogP contribution is 2.23. The number of anilines is 1. The third-order valence-corrected chi connectivity index (χ3v) is 3.53. The molecule has 0 aliphatic carbocycles. The second kappa shape index (κ2) is 8.25. The smallest absolute Gasteiger partial charge is 0.338 e. The van der Waals surface area contributed by atoms with Crippen molar-refractivity contribution in [1.29, 1.82) is 0 Å². The van der Waals surface area contributed by atoms with Gasteiger partial charge in [0.1, 0.15) is 0 Å². The van der Waals surface area contributed by atoms with Crippen LogP contribution in [0, 0.1) is 10.1 Å². The van der Waals surface area contributed by atoms with E-state index in [0.717, 1.165) is 6.07 Å². The average molecular weight is 363 g/mol. The van der Waals surface area contributed by atoms with Crippen molar-refractivity contribution in [2.45, 2.75) is 13.3 Å². The molecule has 0 atom stereocenters. The van der Waals surface area contributed by atoms with Gasteiger partial charge in [0.25, 0.3) is 11.6 Å². The Morgan fingerprint density at radius 3 is 2.68 bits per heavy atom. The van der Waals surface area contributed by atoms with Gasteiger partial charge < -0.3 is 10.1 Å². The quantitative estimate of drug-likeness (QED) is 0.474. The van der Waals surface area contributed by atoms with E-state index < -0.39 is 16.8 Å². The van der Waals surface area contributed by atoms with Crippen molar-refractivity contribution in [3.05, 3.63) is 68.7 Å². The molecule has 0 spiro atoms. The standard InChI is InChI=1S/C17H15ClN2O5/c1-2-8-25-17(22)11-4-3-5-12(9-11)19-16(21)14-10-13(20(23)24)6-7-15(14)18/h3-7,9-10H,2,8H2,1H3,(H,19,21). The van der Waals surface area contributed by atoms with Crippen LogP contribution in [0.2, 0.25) is 5.02 Å². The summed E-state index contributed by atoms with van der Waals surface area (Å²) in [5.41, 5.74) is 0.358. The number of halogens is 1. The topological polar surface area (TPSA) is 98.5 Å². The monoisotopic (exact) mass is 362 g/mol. The summed E-state index contributed by atoms with van der Waals surface area (Å²) in [4.78, 5) is 34.4. The number of hydrogen-bond donors (Lipinski definition) is 1. The van der Waals surface area contributed by atoms with Crippen LogP contribution in [0.5, 0.6) is 0 Å². The fourth-order valence-electron chi connectivity index (χ4n) is 2.00. The van der Waals surface area contributed by atoms with Crippen molar-refractivity contribution < 1.29 is 19.2 Å². The van der Waals surface area contributed by atoms with Gasteiger partial charge in [0, 0.05) is 17.8 Å². The molecular formula is C17H15ClN2O5. The summed E-state index contributed by atoms with van der Waals surface area (Å²) in [6, 6.07) is 9.79. The molecule has 130 valence electrons. The summed E-state index contributed by atoms with van der Waals surface area (Å²) < 4.78 is 5.04. The molecule has 0 radical (unpaired) electrons. The van der Waals surface area contributed by atoms with E-state index in [9.17, 15) is 19.7 Å². The minimum Gasteiger partial charge on any atom is -0.462 e. The maximum atomic E-state index is 12.3. The van der Waals surface area contributed by atoms with E-state index in [1.54, 1.807) is 18.2 Å². The molecular weight excluding hydrogens is 348 g/mol. The molecule has 1 amide bonds. The SMILES string of the molecule is CCCOC(=O)c1cccc(NC(=O)c2cc([N+](=O)[O-])ccc2Cl)c1. The van der Waals surface area contributed by atoms with Crippen molar-refractivity contribution in [2.24, 2.45) is 0 Å². The Morgan fingerprint density at radius 1 is 1.24 bits per heavy atom. The van der Waals surface area contributed by atoms with Gasteiger partial charge in [-0.15, -0.1) is 0 Å². The first-order valence-electron chi connectivity index (χ1n) is 7.45. The van der Waals surface area contributed by atoms with Gasteiger partial charge in [-0.3, -0.25) is 14.9 Å². The number of amides is 1. The molecule has 25 heavy (non-hydrogen) atoms. The Morgan fingerprint density at radius 2 is 2.00 bits per heavy atom. The number of nitrogens with zero attached hydrogens (tertiary/aromatic N) is 1. The van der Waals surface area contributed by atoms with Crippen LogP contribution in [0.3, 0.4) is 0 Å². The van der Waals surface area contributed by atoms with Gasteiger partial charge in [0.05, 0.1) is 27.7 Å². The Balaban J connectivity index is 2.20. The minimum atomic E-state index is -0.618. The van der Waals surface area contributed by atoms with Crippen molar-refractivity contribution in [3.63, 3.8) is 0 Å². The van der Waals surface area contributed by atoms with E-state index in [1.807, 2.05) is 6.92 Å². The molecule has 0 aliphatic rings. The highest BCUT2D eigenvalue weighted by atomic mass is 35.5. The minimum absolute atomic E-state index is 0.0326. The summed E-state index contributed by atoms with van der Waals surface area (Å²) in [6.45, 7) is 2.19. The van der Waals surface area contributed by atoms with Crippen LogP contribution < -0.4 is 5.32 Å². The average Bonchev–Trinajstić information content (AvgIpc) is 2.59. The van der Waals surface area contributed by atoms with Gasteiger partial charge >= 0.3 is 5.97 Å². The largest absolute Gasteiger partial charge is 0.462 e. The number of nitrogens with one attached hydrogen (secondary N) is 1. The van der Waals surface area contributed by atoms with Gasteiger partial charge in [-0.1, -0.05) is 24.6 Å². The van der Waals surface area contributed by atoms with Gasteiger partial charge in [-0.05, 0) is 30.7 Å². The number of carbonyl (C=O) groups excluding carboxylic acids is 2. The van der Waals surface area contributed by atoms with E-state index in [0.29, 0.717) is 18.7 Å². The van der Waals surface area contributed by atoms with Gasteiger partial charge in [0.2, 0.25) is 0 Å². The molecule has 2 aromatic rings. The van der Waals surface area contributed by atoms with Crippen LogP contribution in [-0.4, -0.2) is 23.4 Å². The number of esters is 1. The van der Waals surface area contributed by atoms with Crippen LogP contribution in [0.4, 0.5) is 11.4 Å². The first kappa shape index (κ1) is 18.4. The molecule has 1 N–H and O–H groups in total. The number of ether oxygens (including phenoxy) is 1. The summed E-state index contributed by atoms with van der Waals surface area (Å²) in [6.07, 6.45) is 0.702. The molecule has 0 saturated carbocycles. The first-order chi connectivity index (χ1) is 11.9. The molecule has 0 unspecified atom stereocenters. The number of carbonyl (C=O) groups is 2. The lowest BCUT2D eigenvalue weighted by atomic mass is 10.1. The Kier molecular flexibility index (Phi) is 6.08. The summed E-state index contributed by atoms with van der Waals surface area (Å²) in [7, 11) is 0. The lowest BCUT2D eigenvalue weighted by Gasteiger charge is -2.08. The third-order valence-electron chi connectivity index (χ3n) is 3.20. The number of benzene rings is 2. The highest BCUT2D eigenvalue weighted by Gasteiger charge is 2.16. The van der Waals surface area contributed by atoms with Crippen molar-refractivity contribution in [1.82, 2.24) is 0 Å². The maximum Gasteiger partial charge on any atom is 0.338 e. The molecule has 8 heteroatoms. The number of non-ortho nitro benzene ring substituents is 1. The molecule has 0 aliphatic heterocycles. The number of rotatable bonds is 6. The zero-order valence-electron chi connectivity index (χ0n) is 13.3. The van der Waals surface area contributed by atoms with Gasteiger partial charge in [0.15, 0.2) is 0 Å². The van der Waals surface area contributed by atoms with E-state index in [-0.39, 0.29) is 21.8 Å². The zero-order chi connectivity index (χ0) is 18.4. The zero-order valence-corrected chi connectivity index (χ0v) is 14.1. The molecule has 7 nitrogen and oxygen atoms in total. The fraction of sp³-hybridized carbons (Fsp3) is 0.176. The Labute approximate surface area is 148 Å². The van der Waals surface area contributed by atoms with Crippen molar-refractivity contribution in [3.8, 4) is 0 Å². The summed E-state index contributed by atoms with van der Waals surface area (Å²) >= 11 is 5.94. The molecule has 0 saturated heterocycles. The molecule has 0 heterocycles. The Hall–Kier alpha value is -2.93. The van der Waals surface area contributed by atoms with E-state index in [1.165, 1.54) is 18.2 Å². The van der Waals surface area contributed by atoms with Crippen LogP contribution in [0.25, 0.3) is 0 Å². The van der Waals surface area contributed by atoms with Gasteiger partial charge in [-0.25, -0.2) is 4.79 Å². The van der Waals surface area contributed by atoms with Crippen LogP contribution in [0.1, 0.15) is 34.1 Å². The second-order valence-electron chi connectivity index (χ2n) is 5.09.